The van der Waals surface area contributed by atoms with E-state index in [2.05, 4.69) is 22.1 Å². The zero-order valence-electron chi connectivity index (χ0n) is 8.81. The summed E-state index contributed by atoms with van der Waals surface area (Å²) in [7, 11) is 0. The molecule has 0 aromatic carbocycles. The van der Waals surface area contributed by atoms with Crippen molar-refractivity contribution in [1.29, 1.82) is 0 Å². The molecule has 15 heavy (non-hydrogen) atoms. The van der Waals surface area contributed by atoms with Crippen LogP contribution in [0.3, 0.4) is 0 Å². The van der Waals surface area contributed by atoms with E-state index in [-0.39, 0.29) is 0 Å². The number of nitrogens with zero attached hydrogens (tertiary/aromatic N) is 2. The fourth-order valence-electron chi connectivity index (χ4n) is 1.44. The van der Waals surface area contributed by atoms with E-state index in [0.29, 0.717) is 0 Å². The quantitative estimate of drug-likeness (QED) is 0.764. The van der Waals surface area contributed by atoms with E-state index in [4.69, 9.17) is 4.42 Å². The third kappa shape index (κ3) is 2.91. The summed E-state index contributed by atoms with van der Waals surface area (Å²) in [5, 5.41) is 0. The summed E-state index contributed by atoms with van der Waals surface area (Å²) >= 11 is 0. The van der Waals surface area contributed by atoms with E-state index < -0.39 is 0 Å². The topological polar surface area (TPSA) is 38.9 Å². The lowest BCUT2D eigenvalue weighted by molar-refractivity contribution is 0.486. The Kier molecular flexibility index (Phi) is 3.12. The Hall–Kier alpha value is -1.64. The molecule has 0 atom stereocenters. The lowest BCUT2D eigenvalue weighted by Crippen LogP contribution is -1.93. The normalized spacial score (nSPS) is 10.5. The van der Waals surface area contributed by atoms with Crippen LogP contribution in [0.2, 0.25) is 0 Å². The van der Waals surface area contributed by atoms with Gasteiger partial charge in [0.1, 0.15) is 6.26 Å². The summed E-state index contributed by atoms with van der Waals surface area (Å²) in [6, 6.07) is 4.17. The fraction of sp³-hybridized carbons (Fsp3) is 0.333. The number of hydrogen-bond donors (Lipinski definition) is 0. The lowest BCUT2D eigenvalue weighted by Gasteiger charge is -1.99. The minimum atomic E-state index is 0.808. The first-order valence-corrected chi connectivity index (χ1v) is 5.14. The smallest absolute Gasteiger partial charge is 0.193 e. The Balaban J connectivity index is 1.81. The molecule has 0 aliphatic heterocycles. The van der Waals surface area contributed by atoms with E-state index in [0.717, 1.165) is 30.8 Å². The number of oxazole rings is 1. The van der Waals surface area contributed by atoms with Gasteiger partial charge in [-0.25, -0.2) is 4.98 Å². The highest BCUT2D eigenvalue weighted by Crippen LogP contribution is 2.05. The third-order valence-electron chi connectivity index (χ3n) is 2.28. The Labute approximate surface area is 89.2 Å². The van der Waals surface area contributed by atoms with Crippen LogP contribution in [-0.4, -0.2) is 9.97 Å². The van der Waals surface area contributed by atoms with E-state index in [1.165, 1.54) is 5.56 Å². The molecule has 3 heteroatoms. The zero-order valence-corrected chi connectivity index (χ0v) is 8.81. The van der Waals surface area contributed by atoms with Gasteiger partial charge in [-0.3, -0.25) is 4.98 Å². The molecule has 2 aromatic rings. The van der Waals surface area contributed by atoms with Crippen molar-refractivity contribution in [1.82, 2.24) is 9.97 Å². The molecule has 0 radical (unpaired) electrons. The molecular formula is C12H14N2O. The summed E-state index contributed by atoms with van der Waals surface area (Å²) in [6.07, 6.45) is 8.07. The van der Waals surface area contributed by atoms with Crippen LogP contribution in [0.1, 0.15) is 23.6 Å². The summed E-state index contributed by atoms with van der Waals surface area (Å²) in [6.45, 7) is 2.05. The maximum Gasteiger partial charge on any atom is 0.193 e. The number of hydrogen-bond acceptors (Lipinski definition) is 3. The van der Waals surface area contributed by atoms with Crippen molar-refractivity contribution < 1.29 is 4.42 Å². The average Bonchev–Trinajstić information content (AvgIpc) is 2.74. The van der Waals surface area contributed by atoms with Gasteiger partial charge < -0.3 is 4.42 Å². The molecular weight excluding hydrogens is 188 g/mol. The number of aromatic nitrogens is 2. The monoisotopic (exact) mass is 202 g/mol. The predicted octanol–water partition coefficient (Wildman–Crippen LogP) is 2.55. The molecule has 0 unspecified atom stereocenters. The van der Waals surface area contributed by atoms with Gasteiger partial charge in [0.05, 0.1) is 6.20 Å². The lowest BCUT2D eigenvalue weighted by atomic mass is 10.1. The van der Waals surface area contributed by atoms with Crippen molar-refractivity contribution in [3.63, 3.8) is 0 Å². The molecule has 0 aliphatic carbocycles. The summed E-state index contributed by atoms with van der Waals surface area (Å²) in [5.74, 6) is 0.808. The maximum absolute atomic E-state index is 5.16. The molecule has 0 spiro atoms. The third-order valence-corrected chi connectivity index (χ3v) is 2.28. The van der Waals surface area contributed by atoms with Gasteiger partial charge in [-0.2, -0.15) is 0 Å². The Morgan fingerprint density at radius 3 is 2.80 bits per heavy atom. The second-order valence-electron chi connectivity index (χ2n) is 3.61. The van der Waals surface area contributed by atoms with Crippen molar-refractivity contribution in [3.8, 4) is 0 Å². The van der Waals surface area contributed by atoms with Gasteiger partial charge in [0.15, 0.2) is 5.89 Å². The second kappa shape index (κ2) is 4.73. The van der Waals surface area contributed by atoms with Crippen molar-refractivity contribution in [2.24, 2.45) is 0 Å². The van der Waals surface area contributed by atoms with Crippen LogP contribution in [0, 0.1) is 6.92 Å². The van der Waals surface area contributed by atoms with Crippen LogP contribution < -0.4 is 0 Å². The number of aryl methyl sites for hydroxylation is 3. The van der Waals surface area contributed by atoms with E-state index >= 15 is 0 Å². The van der Waals surface area contributed by atoms with Crippen molar-refractivity contribution in [2.75, 3.05) is 0 Å². The molecule has 2 rings (SSSR count). The van der Waals surface area contributed by atoms with E-state index in [9.17, 15) is 0 Å². The van der Waals surface area contributed by atoms with Gasteiger partial charge in [0.25, 0.3) is 0 Å². The highest BCUT2D eigenvalue weighted by Gasteiger charge is 1.99. The molecule has 78 valence electrons. The molecule has 0 N–H and O–H groups in total. The number of pyridine rings is 1. The van der Waals surface area contributed by atoms with Gasteiger partial charge in [0, 0.05) is 18.3 Å². The van der Waals surface area contributed by atoms with Gasteiger partial charge in [-0.15, -0.1) is 0 Å². The van der Waals surface area contributed by atoms with Crippen molar-refractivity contribution in [2.45, 2.75) is 26.2 Å². The summed E-state index contributed by atoms with van der Waals surface area (Å²) < 4.78 is 5.16. The van der Waals surface area contributed by atoms with Crippen LogP contribution in [0.15, 0.2) is 35.2 Å². The molecule has 0 saturated heterocycles. The van der Waals surface area contributed by atoms with Gasteiger partial charge >= 0.3 is 0 Å². The molecule has 2 heterocycles. The van der Waals surface area contributed by atoms with Crippen LogP contribution in [-0.2, 0) is 12.8 Å². The van der Waals surface area contributed by atoms with Crippen LogP contribution in [0.25, 0.3) is 0 Å². The first-order chi connectivity index (χ1) is 7.34. The fourth-order valence-corrected chi connectivity index (χ4v) is 1.44. The molecule has 0 saturated carbocycles. The highest BCUT2D eigenvalue weighted by molar-refractivity contribution is 5.12. The first-order valence-electron chi connectivity index (χ1n) is 5.14. The molecule has 0 amide bonds. The molecule has 0 bridgehead atoms. The predicted molar refractivity (Wildman–Crippen MR) is 57.5 cm³/mol. The molecule has 2 aromatic heterocycles. The SMILES string of the molecule is Cc1ccc(CCCc2ncco2)nc1. The molecule has 0 fully saturated rings. The zero-order chi connectivity index (χ0) is 10.5. The van der Waals surface area contributed by atoms with Crippen LogP contribution in [0.4, 0.5) is 0 Å². The van der Waals surface area contributed by atoms with Crippen molar-refractivity contribution >= 4 is 0 Å². The minimum absolute atomic E-state index is 0.808. The Morgan fingerprint density at radius 2 is 2.13 bits per heavy atom. The van der Waals surface area contributed by atoms with Crippen LogP contribution in [0.5, 0.6) is 0 Å². The Morgan fingerprint density at radius 1 is 1.20 bits per heavy atom. The first kappa shape index (κ1) is 9.90. The van der Waals surface area contributed by atoms with Crippen LogP contribution >= 0.6 is 0 Å². The van der Waals surface area contributed by atoms with Crippen molar-refractivity contribution in [3.05, 3.63) is 47.9 Å². The standard InChI is InChI=1S/C12H14N2O/c1-10-5-6-11(14-9-10)3-2-4-12-13-7-8-15-12/h5-9H,2-4H2,1H3. The van der Waals surface area contributed by atoms with Gasteiger partial charge in [-0.05, 0) is 31.4 Å². The largest absolute Gasteiger partial charge is 0.449 e. The molecule has 0 aliphatic rings. The van der Waals surface area contributed by atoms with Gasteiger partial charge in [-0.1, -0.05) is 6.07 Å². The Bertz CT molecular complexity index is 392. The summed E-state index contributed by atoms with van der Waals surface area (Å²) in [4.78, 5) is 8.42. The minimum Gasteiger partial charge on any atom is -0.449 e. The average molecular weight is 202 g/mol. The second-order valence-corrected chi connectivity index (χ2v) is 3.61. The van der Waals surface area contributed by atoms with Gasteiger partial charge in [0.2, 0.25) is 0 Å². The van der Waals surface area contributed by atoms with E-state index in [1.54, 1.807) is 12.5 Å². The molecule has 3 nitrogen and oxygen atoms in total. The maximum atomic E-state index is 5.16. The van der Waals surface area contributed by atoms with E-state index in [1.807, 2.05) is 13.1 Å². The number of rotatable bonds is 4. The highest BCUT2D eigenvalue weighted by atomic mass is 16.3. The summed E-state index contributed by atoms with van der Waals surface area (Å²) in [5.41, 5.74) is 2.33.